The third-order valence-electron chi connectivity index (χ3n) is 4.77. The Balaban J connectivity index is 1.68. The van der Waals surface area contributed by atoms with Gasteiger partial charge >= 0.3 is 5.69 Å². The molecule has 29 heavy (non-hydrogen) atoms. The van der Waals surface area contributed by atoms with Crippen LogP contribution < -0.4 is 14.8 Å². The maximum atomic E-state index is 11.2. The van der Waals surface area contributed by atoms with Crippen molar-refractivity contribution in [3.8, 4) is 22.6 Å². The Hall–Kier alpha value is -3.38. The minimum atomic E-state index is -0.468. The van der Waals surface area contributed by atoms with Crippen LogP contribution >= 0.6 is 0 Å². The van der Waals surface area contributed by atoms with Crippen LogP contribution in [0, 0.1) is 10.1 Å². The van der Waals surface area contributed by atoms with Gasteiger partial charge in [0.25, 0.3) is 0 Å². The molecule has 0 unspecified atom stereocenters. The predicted octanol–water partition coefficient (Wildman–Crippen LogP) is 4.61. The fourth-order valence-corrected chi connectivity index (χ4v) is 3.30. The molecule has 0 spiro atoms. The molecule has 0 radical (unpaired) electrons. The number of nitro groups is 1. The lowest BCUT2D eigenvalue weighted by molar-refractivity contribution is -0.385. The zero-order valence-corrected chi connectivity index (χ0v) is 16.6. The summed E-state index contributed by atoms with van der Waals surface area (Å²) in [7, 11) is 2.94. The molecule has 3 aromatic carbocycles. The van der Waals surface area contributed by atoms with Crippen molar-refractivity contribution in [2.75, 3.05) is 20.8 Å². The Labute approximate surface area is 170 Å². The molecule has 0 amide bonds. The fraction of sp³-hybridized carbons (Fsp3) is 0.217. The number of hydrogen-bond acceptors (Lipinski definition) is 5. The third-order valence-corrected chi connectivity index (χ3v) is 4.77. The SMILES string of the molecule is COc1cc([N+](=O)[O-])c(OC)cc1CCNCc1ccccc1-c1ccccc1. The van der Waals surface area contributed by atoms with Gasteiger partial charge in [-0.25, -0.2) is 0 Å². The minimum absolute atomic E-state index is 0.0992. The van der Waals surface area contributed by atoms with Gasteiger partial charge < -0.3 is 14.8 Å². The van der Waals surface area contributed by atoms with E-state index in [0.29, 0.717) is 18.7 Å². The molecule has 0 saturated heterocycles. The first-order valence-corrected chi connectivity index (χ1v) is 9.37. The number of rotatable bonds is 9. The molecule has 0 aliphatic carbocycles. The quantitative estimate of drug-likeness (QED) is 0.327. The standard InChI is InChI=1S/C23H24N2O4/c1-28-22-15-21(25(26)27)23(29-2)14-18(22)12-13-24-16-19-10-6-7-11-20(19)17-8-4-3-5-9-17/h3-11,14-15,24H,12-13,16H2,1-2H3. The van der Waals surface area contributed by atoms with E-state index in [1.807, 2.05) is 30.3 Å². The van der Waals surface area contributed by atoms with E-state index in [0.717, 1.165) is 12.1 Å². The van der Waals surface area contributed by atoms with Gasteiger partial charge in [-0.1, -0.05) is 54.6 Å². The zero-order valence-electron chi connectivity index (χ0n) is 16.6. The number of nitro benzene ring substituents is 1. The summed E-state index contributed by atoms with van der Waals surface area (Å²) >= 11 is 0. The van der Waals surface area contributed by atoms with E-state index in [2.05, 4.69) is 29.6 Å². The molecule has 0 aromatic heterocycles. The van der Waals surface area contributed by atoms with Gasteiger partial charge in [0.2, 0.25) is 0 Å². The molecule has 150 valence electrons. The Bertz CT molecular complexity index is 974. The maximum absolute atomic E-state index is 11.2. The van der Waals surface area contributed by atoms with Crippen LogP contribution in [0.2, 0.25) is 0 Å². The molecular weight excluding hydrogens is 368 g/mol. The van der Waals surface area contributed by atoms with E-state index < -0.39 is 4.92 Å². The zero-order chi connectivity index (χ0) is 20.6. The largest absolute Gasteiger partial charge is 0.496 e. The Morgan fingerprint density at radius 3 is 2.28 bits per heavy atom. The molecule has 0 fully saturated rings. The van der Waals surface area contributed by atoms with Crippen molar-refractivity contribution < 1.29 is 14.4 Å². The molecule has 0 bridgehead atoms. The summed E-state index contributed by atoms with van der Waals surface area (Å²) in [5.41, 5.74) is 4.37. The van der Waals surface area contributed by atoms with Crippen molar-refractivity contribution >= 4 is 5.69 Å². The highest BCUT2D eigenvalue weighted by atomic mass is 16.6. The van der Waals surface area contributed by atoms with Gasteiger partial charge in [-0.05, 0) is 41.3 Å². The molecule has 0 aliphatic rings. The molecular formula is C23H24N2O4. The molecule has 3 rings (SSSR count). The molecule has 0 atom stereocenters. The van der Waals surface area contributed by atoms with Crippen LogP contribution in [0.5, 0.6) is 11.5 Å². The number of methoxy groups -OCH3 is 2. The first kappa shape index (κ1) is 20.4. The Morgan fingerprint density at radius 2 is 1.59 bits per heavy atom. The molecule has 3 aromatic rings. The smallest absolute Gasteiger partial charge is 0.314 e. The van der Waals surface area contributed by atoms with Crippen molar-refractivity contribution in [2.24, 2.45) is 0 Å². The summed E-state index contributed by atoms with van der Waals surface area (Å²) < 4.78 is 10.5. The molecule has 1 N–H and O–H groups in total. The predicted molar refractivity (Wildman–Crippen MR) is 113 cm³/mol. The second-order valence-electron chi connectivity index (χ2n) is 6.54. The first-order valence-electron chi connectivity index (χ1n) is 9.37. The summed E-state index contributed by atoms with van der Waals surface area (Å²) in [6.07, 6.45) is 0.658. The van der Waals surface area contributed by atoms with E-state index in [1.54, 1.807) is 6.07 Å². The number of nitrogens with one attached hydrogen (secondary N) is 1. The highest BCUT2D eigenvalue weighted by molar-refractivity contribution is 5.67. The van der Waals surface area contributed by atoms with E-state index in [-0.39, 0.29) is 11.4 Å². The summed E-state index contributed by atoms with van der Waals surface area (Å²) in [6, 6.07) is 21.7. The summed E-state index contributed by atoms with van der Waals surface area (Å²) in [6.45, 7) is 1.41. The first-order chi connectivity index (χ1) is 14.1. The number of nitrogens with zero attached hydrogens (tertiary/aromatic N) is 1. The second-order valence-corrected chi connectivity index (χ2v) is 6.54. The van der Waals surface area contributed by atoms with Crippen molar-refractivity contribution in [1.29, 1.82) is 0 Å². The topological polar surface area (TPSA) is 73.6 Å². The van der Waals surface area contributed by atoms with Crippen LogP contribution in [-0.4, -0.2) is 25.7 Å². The van der Waals surface area contributed by atoms with Crippen molar-refractivity contribution in [3.05, 3.63) is 88.0 Å². The number of benzene rings is 3. The average molecular weight is 392 g/mol. The van der Waals surface area contributed by atoms with Crippen molar-refractivity contribution in [3.63, 3.8) is 0 Å². The highest BCUT2D eigenvalue weighted by Crippen LogP contribution is 2.34. The maximum Gasteiger partial charge on any atom is 0.314 e. The summed E-state index contributed by atoms with van der Waals surface area (Å²) in [5.74, 6) is 0.726. The molecule has 0 saturated carbocycles. The van der Waals surface area contributed by atoms with Gasteiger partial charge in [-0.2, -0.15) is 0 Å². The lowest BCUT2D eigenvalue weighted by Crippen LogP contribution is -2.17. The van der Waals surface area contributed by atoms with Gasteiger partial charge in [0.15, 0.2) is 5.75 Å². The summed E-state index contributed by atoms with van der Waals surface area (Å²) in [4.78, 5) is 10.7. The van der Waals surface area contributed by atoms with E-state index in [9.17, 15) is 10.1 Å². The number of hydrogen-bond donors (Lipinski definition) is 1. The fourth-order valence-electron chi connectivity index (χ4n) is 3.30. The van der Waals surface area contributed by atoms with Gasteiger partial charge in [0, 0.05) is 6.54 Å². The Morgan fingerprint density at radius 1 is 0.897 bits per heavy atom. The molecule has 0 aliphatic heterocycles. The highest BCUT2D eigenvalue weighted by Gasteiger charge is 2.19. The minimum Gasteiger partial charge on any atom is -0.496 e. The van der Waals surface area contributed by atoms with Crippen LogP contribution in [0.15, 0.2) is 66.7 Å². The van der Waals surface area contributed by atoms with Crippen LogP contribution in [0.4, 0.5) is 5.69 Å². The molecule has 6 nitrogen and oxygen atoms in total. The normalized spacial score (nSPS) is 10.6. The van der Waals surface area contributed by atoms with Crippen LogP contribution in [0.25, 0.3) is 11.1 Å². The number of ether oxygens (including phenoxy) is 2. The second kappa shape index (κ2) is 9.71. The van der Waals surface area contributed by atoms with Gasteiger partial charge in [0.05, 0.1) is 25.2 Å². The van der Waals surface area contributed by atoms with E-state index >= 15 is 0 Å². The van der Waals surface area contributed by atoms with Crippen molar-refractivity contribution in [1.82, 2.24) is 5.32 Å². The summed E-state index contributed by atoms with van der Waals surface area (Å²) in [5, 5.41) is 14.6. The van der Waals surface area contributed by atoms with Gasteiger partial charge in [-0.15, -0.1) is 0 Å². The van der Waals surface area contributed by atoms with Crippen LogP contribution in [0.1, 0.15) is 11.1 Å². The average Bonchev–Trinajstić information content (AvgIpc) is 2.77. The van der Waals surface area contributed by atoms with E-state index in [4.69, 9.17) is 9.47 Å². The van der Waals surface area contributed by atoms with Gasteiger partial charge in [0.1, 0.15) is 5.75 Å². The van der Waals surface area contributed by atoms with Gasteiger partial charge in [-0.3, -0.25) is 10.1 Å². The lowest BCUT2D eigenvalue weighted by atomic mass is 10.00. The third kappa shape index (κ3) is 4.92. The van der Waals surface area contributed by atoms with Crippen LogP contribution in [0.3, 0.4) is 0 Å². The monoisotopic (exact) mass is 392 g/mol. The van der Waals surface area contributed by atoms with Crippen molar-refractivity contribution in [2.45, 2.75) is 13.0 Å². The Kier molecular flexibility index (Phi) is 6.81. The van der Waals surface area contributed by atoms with Crippen LogP contribution in [-0.2, 0) is 13.0 Å². The van der Waals surface area contributed by atoms with E-state index in [1.165, 1.54) is 37.0 Å². The lowest BCUT2D eigenvalue weighted by Gasteiger charge is -2.13. The molecule has 6 heteroatoms. The molecule has 0 heterocycles.